The predicted octanol–water partition coefficient (Wildman–Crippen LogP) is 6.08. The molecular formula is C16H9Cl3N2OS. The molecule has 23 heavy (non-hydrogen) atoms. The van der Waals surface area contributed by atoms with Crippen molar-refractivity contribution in [3.8, 4) is 0 Å². The SMILES string of the molecule is O=C(c1cnc(Nc2ccccc2Cl)s1)c1ccc(Cl)cc1Cl. The maximum atomic E-state index is 12.5. The van der Waals surface area contributed by atoms with Crippen molar-refractivity contribution >= 4 is 62.7 Å². The molecule has 0 saturated carbocycles. The molecule has 0 aliphatic rings. The second kappa shape index (κ2) is 6.89. The van der Waals surface area contributed by atoms with E-state index >= 15 is 0 Å². The molecule has 3 nitrogen and oxygen atoms in total. The van der Waals surface area contributed by atoms with Crippen LogP contribution in [0, 0.1) is 0 Å². The predicted molar refractivity (Wildman–Crippen MR) is 96.7 cm³/mol. The van der Waals surface area contributed by atoms with Gasteiger partial charge in [-0.15, -0.1) is 0 Å². The first-order valence-corrected chi connectivity index (χ1v) is 8.47. The van der Waals surface area contributed by atoms with Gasteiger partial charge < -0.3 is 5.32 Å². The van der Waals surface area contributed by atoms with Crippen LogP contribution in [0.4, 0.5) is 10.8 Å². The van der Waals surface area contributed by atoms with E-state index in [1.165, 1.54) is 17.5 Å². The molecule has 1 N–H and O–H groups in total. The van der Waals surface area contributed by atoms with Crippen LogP contribution in [-0.4, -0.2) is 10.8 Å². The van der Waals surface area contributed by atoms with Crippen molar-refractivity contribution in [1.29, 1.82) is 0 Å². The fraction of sp³-hybridized carbons (Fsp3) is 0. The zero-order chi connectivity index (χ0) is 16.4. The van der Waals surface area contributed by atoms with Gasteiger partial charge in [0.15, 0.2) is 5.13 Å². The van der Waals surface area contributed by atoms with Crippen LogP contribution in [-0.2, 0) is 0 Å². The molecule has 0 aliphatic carbocycles. The Labute approximate surface area is 151 Å². The number of hydrogen-bond acceptors (Lipinski definition) is 4. The third-order valence-corrected chi connectivity index (χ3v) is 4.81. The summed E-state index contributed by atoms with van der Waals surface area (Å²) in [6, 6.07) is 12.1. The van der Waals surface area contributed by atoms with Crippen LogP contribution in [0.2, 0.25) is 15.1 Å². The average molecular weight is 384 g/mol. The van der Waals surface area contributed by atoms with Crippen LogP contribution in [0.3, 0.4) is 0 Å². The Hall–Kier alpha value is -1.59. The van der Waals surface area contributed by atoms with Crippen LogP contribution in [0.5, 0.6) is 0 Å². The molecule has 2 aromatic carbocycles. The van der Waals surface area contributed by atoms with E-state index < -0.39 is 0 Å². The first-order valence-electron chi connectivity index (χ1n) is 6.52. The van der Waals surface area contributed by atoms with Gasteiger partial charge in [0.25, 0.3) is 0 Å². The molecule has 0 unspecified atom stereocenters. The summed E-state index contributed by atoms with van der Waals surface area (Å²) >= 11 is 19.2. The Bertz CT molecular complexity index is 879. The van der Waals surface area contributed by atoms with Crippen molar-refractivity contribution < 1.29 is 4.79 Å². The third kappa shape index (κ3) is 3.67. The molecule has 116 valence electrons. The van der Waals surface area contributed by atoms with E-state index in [1.54, 1.807) is 24.3 Å². The van der Waals surface area contributed by atoms with E-state index in [4.69, 9.17) is 34.8 Å². The summed E-state index contributed by atoms with van der Waals surface area (Å²) in [5, 5.41) is 5.05. The smallest absolute Gasteiger partial charge is 0.206 e. The molecule has 3 aromatic rings. The van der Waals surface area contributed by atoms with Crippen molar-refractivity contribution in [3.05, 3.63) is 74.2 Å². The zero-order valence-electron chi connectivity index (χ0n) is 11.5. The van der Waals surface area contributed by atoms with Crippen LogP contribution < -0.4 is 5.32 Å². The highest BCUT2D eigenvalue weighted by molar-refractivity contribution is 7.17. The fourth-order valence-electron chi connectivity index (χ4n) is 1.92. The minimum atomic E-state index is -0.198. The van der Waals surface area contributed by atoms with Gasteiger partial charge in [-0.1, -0.05) is 58.3 Å². The van der Waals surface area contributed by atoms with Crippen molar-refractivity contribution in [2.75, 3.05) is 5.32 Å². The highest BCUT2D eigenvalue weighted by Crippen LogP contribution is 2.30. The lowest BCUT2D eigenvalue weighted by molar-refractivity contribution is 0.104. The first-order chi connectivity index (χ1) is 11.0. The molecule has 0 fully saturated rings. The van der Waals surface area contributed by atoms with Gasteiger partial charge >= 0.3 is 0 Å². The summed E-state index contributed by atoms with van der Waals surface area (Å²) in [6.07, 6.45) is 1.51. The molecule has 0 spiro atoms. The lowest BCUT2D eigenvalue weighted by Gasteiger charge is -2.04. The number of anilines is 2. The van der Waals surface area contributed by atoms with Crippen molar-refractivity contribution in [2.24, 2.45) is 0 Å². The molecule has 0 amide bonds. The second-order valence-electron chi connectivity index (χ2n) is 4.59. The maximum Gasteiger partial charge on any atom is 0.206 e. The van der Waals surface area contributed by atoms with Crippen LogP contribution in [0.1, 0.15) is 15.2 Å². The number of rotatable bonds is 4. The number of nitrogens with one attached hydrogen (secondary N) is 1. The number of nitrogens with zero attached hydrogens (tertiary/aromatic N) is 1. The van der Waals surface area contributed by atoms with Gasteiger partial charge in [0.05, 0.1) is 26.8 Å². The highest BCUT2D eigenvalue weighted by Gasteiger charge is 2.16. The number of halogens is 3. The third-order valence-electron chi connectivity index (χ3n) is 3.02. The van der Waals surface area contributed by atoms with E-state index in [1.807, 2.05) is 18.2 Å². The minimum absolute atomic E-state index is 0.198. The number of para-hydroxylation sites is 1. The zero-order valence-corrected chi connectivity index (χ0v) is 14.6. The number of ketones is 1. The van der Waals surface area contributed by atoms with Gasteiger partial charge in [-0.05, 0) is 30.3 Å². The molecule has 7 heteroatoms. The maximum absolute atomic E-state index is 12.5. The van der Waals surface area contributed by atoms with Crippen molar-refractivity contribution in [2.45, 2.75) is 0 Å². The van der Waals surface area contributed by atoms with E-state index in [9.17, 15) is 4.79 Å². The second-order valence-corrected chi connectivity index (χ2v) is 6.87. The number of benzene rings is 2. The summed E-state index contributed by atoms with van der Waals surface area (Å²) < 4.78 is 0. The Morgan fingerprint density at radius 1 is 1.04 bits per heavy atom. The summed E-state index contributed by atoms with van der Waals surface area (Å²) in [6.45, 7) is 0. The number of aromatic nitrogens is 1. The Kier molecular flexibility index (Phi) is 4.87. The lowest BCUT2D eigenvalue weighted by Crippen LogP contribution is -1.99. The first kappa shape index (κ1) is 16.3. The van der Waals surface area contributed by atoms with Gasteiger partial charge in [0.2, 0.25) is 5.78 Å². The van der Waals surface area contributed by atoms with Crippen molar-refractivity contribution in [3.63, 3.8) is 0 Å². The van der Waals surface area contributed by atoms with Crippen LogP contribution >= 0.6 is 46.1 Å². The van der Waals surface area contributed by atoms with Crippen LogP contribution in [0.15, 0.2) is 48.7 Å². The average Bonchev–Trinajstić information content (AvgIpc) is 2.98. The topological polar surface area (TPSA) is 42.0 Å². The van der Waals surface area contributed by atoms with Crippen molar-refractivity contribution in [1.82, 2.24) is 4.98 Å². The standard InChI is InChI=1S/C16H9Cl3N2OS/c17-9-5-6-10(12(19)7-9)15(22)14-8-20-16(23-14)21-13-4-2-1-3-11(13)18/h1-8H,(H,20,21). The Morgan fingerprint density at radius 3 is 2.57 bits per heavy atom. The number of hydrogen-bond donors (Lipinski definition) is 1. The molecule has 1 heterocycles. The molecule has 3 rings (SSSR count). The Morgan fingerprint density at radius 2 is 1.83 bits per heavy atom. The quantitative estimate of drug-likeness (QED) is 0.555. The number of carbonyl (C=O) groups is 1. The largest absolute Gasteiger partial charge is 0.330 e. The highest BCUT2D eigenvalue weighted by atomic mass is 35.5. The minimum Gasteiger partial charge on any atom is -0.330 e. The van der Waals surface area contributed by atoms with E-state index in [-0.39, 0.29) is 5.78 Å². The fourth-order valence-corrected chi connectivity index (χ4v) is 3.38. The molecule has 1 aromatic heterocycles. The summed E-state index contributed by atoms with van der Waals surface area (Å²) in [7, 11) is 0. The molecule has 0 saturated heterocycles. The number of carbonyl (C=O) groups excluding carboxylic acids is 1. The molecule has 0 atom stereocenters. The van der Waals surface area contributed by atoms with E-state index in [0.717, 1.165) is 5.69 Å². The normalized spacial score (nSPS) is 10.6. The van der Waals surface area contributed by atoms with Gasteiger partial charge in [0.1, 0.15) is 0 Å². The van der Waals surface area contributed by atoms with Gasteiger partial charge in [0, 0.05) is 10.6 Å². The van der Waals surface area contributed by atoms with Gasteiger partial charge in [-0.25, -0.2) is 4.98 Å². The Balaban J connectivity index is 1.84. The van der Waals surface area contributed by atoms with E-state index in [2.05, 4.69) is 10.3 Å². The summed E-state index contributed by atoms with van der Waals surface area (Å²) in [5.74, 6) is -0.198. The molecule has 0 radical (unpaired) electrons. The van der Waals surface area contributed by atoms with Crippen LogP contribution in [0.25, 0.3) is 0 Å². The van der Waals surface area contributed by atoms with Gasteiger partial charge in [-0.3, -0.25) is 4.79 Å². The number of thiazole rings is 1. The van der Waals surface area contributed by atoms with E-state index in [0.29, 0.717) is 30.6 Å². The molecule has 0 bridgehead atoms. The molecular weight excluding hydrogens is 375 g/mol. The molecule has 0 aliphatic heterocycles. The monoisotopic (exact) mass is 382 g/mol. The summed E-state index contributed by atoms with van der Waals surface area (Å²) in [5.41, 5.74) is 1.12. The lowest BCUT2D eigenvalue weighted by atomic mass is 10.1. The summed E-state index contributed by atoms with van der Waals surface area (Å²) in [4.78, 5) is 17.2. The van der Waals surface area contributed by atoms with Gasteiger partial charge in [-0.2, -0.15) is 0 Å².